The fourth-order valence-corrected chi connectivity index (χ4v) is 2.86. The molecule has 1 aliphatic carbocycles. The van der Waals surface area contributed by atoms with Crippen molar-refractivity contribution < 1.29 is 0 Å². The highest BCUT2D eigenvalue weighted by molar-refractivity contribution is 6.17. The molecule has 0 N–H and O–H groups in total. The van der Waals surface area contributed by atoms with E-state index in [4.69, 9.17) is 16.6 Å². The predicted octanol–water partition coefficient (Wildman–Crippen LogP) is 3.93. The lowest BCUT2D eigenvalue weighted by atomic mass is 9.85. The van der Waals surface area contributed by atoms with Gasteiger partial charge in [-0.1, -0.05) is 12.5 Å². The number of imidazole rings is 1. The summed E-state index contributed by atoms with van der Waals surface area (Å²) in [5, 5.41) is 0. The van der Waals surface area contributed by atoms with Gasteiger partial charge in [-0.15, -0.1) is 11.6 Å². The van der Waals surface area contributed by atoms with Crippen molar-refractivity contribution in [2.75, 3.05) is 5.88 Å². The molecule has 3 rings (SSSR count). The number of nitrogens with zero attached hydrogens (tertiary/aromatic N) is 2. The number of halogens is 1. The first-order valence-electron chi connectivity index (χ1n) is 6.79. The maximum atomic E-state index is 5.90. The molecule has 0 saturated heterocycles. The molecular weight excluding hydrogens is 244 g/mol. The molecule has 96 valence electrons. The number of fused-ring (bicyclic) bond motifs is 1. The van der Waals surface area contributed by atoms with E-state index in [9.17, 15) is 0 Å². The molecule has 18 heavy (non-hydrogen) atoms. The second-order valence-electron chi connectivity index (χ2n) is 5.37. The Morgan fingerprint density at radius 3 is 2.89 bits per heavy atom. The van der Waals surface area contributed by atoms with Gasteiger partial charge in [0.2, 0.25) is 0 Å². The van der Waals surface area contributed by atoms with E-state index < -0.39 is 0 Å². The summed E-state index contributed by atoms with van der Waals surface area (Å²) < 4.78 is 2.40. The van der Waals surface area contributed by atoms with Crippen LogP contribution in [0.15, 0.2) is 18.2 Å². The Bertz CT molecular complexity index is 555. The van der Waals surface area contributed by atoms with Gasteiger partial charge in [0.1, 0.15) is 5.82 Å². The molecule has 1 aromatic carbocycles. The Kier molecular flexibility index (Phi) is 3.29. The largest absolute Gasteiger partial charge is 0.328 e. The number of hydrogen-bond acceptors (Lipinski definition) is 1. The van der Waals surface area contributed by atoms with E-state index in [2.05, 4.69) is 29.7 Å². The van der Waals surface area contributed by atoms with Gasteiger partial charge in [0.05, 0.1) is 11.0 Å². The fraction of sp³-hybridized carbons (Fsp3) is 0.533. The number of hydrogen-bond donors (Lipinski definition) is 0. The van der Waals surface area contributed by atoms with Crippen LogP contribution in [0.5, 0.6) is 0 Å². The maximum absolute atomic E-state index is 5.90. The van der Waals surface area contributed by atoms with Crippen LogP contribution in [0.4, 0.5) is 0 Å². The zero-order valence-corrected chi connectivity index (χ0v) is 11.6. The van der Waals surface area contributed by atoms with Gasteiger partial charge in [0, 0.05) is 18.8 Å². The average Bonchev–Trinajstić information content (AvgIpc) is 2.62. The molecule has 0 atom stereocenters. The molecule has 0 radical (unpaired) electrons. The molecule has 0 bridgehead atoms. The predicted molar refractivity (Wildman–Crippen MR) is 76.2 cm³/mol. The molecule has 0 spiro atoms. The van der Waals surface area contributed by atoms with E-state index in [1.165, 1.54) is 30.3 Å². The molecule has 0 unspecified atom stereocenters. The quantitative estimate of drug-likeness (QED) is 0.764. The van der Waals surface area contributed by atoms with Crippen LogP contribution in [-0.2, 0) is 13.0 Å². The summed E-state index contributed by atoms with van der Waals surface area (Å²) in [5.74, 6) is 2.64. The van der Waals surface area contributed by atoms with Crippen molar-refractivity contribution in [3.05, 3.63) is 29.6 Å². The zero-order chi connectivity index (χ0) is 12.5. The molecule has 1 fully saturated rings. The van der Waals surface area contributed by atoms with E-state index in [0.717, 1.165) is 30.2 Å². The Balaban J connectivity index is 2.04. The maximum Gasteiger partial charge on any atom is 0.111 e. The highest BCUT2D eigenvalue weighted by atomic mass is 35.5. The van der Waals surface area contributed by atoms with E-state index in [1.807, 2.05) is 0 Å². The number of aryl methyl sites for hydroxylation is 2. The zero-order valence-electron chi connectivity index (χ0n) is 10.8. The van der Waals surface area contributed by atoms with Crippen molar-refractivity contribution >= 4 is 22.6 Å². The van der Waals surface area contributed by atoms with Crippen molar-refractivity contribution in [3.63, 3.8) is 0 Å². The van der Waals surface area contributed by atoms with Crippen LogP contribution < -0.4 is 0 Å². The second kappa shape index (κ2) is 4.93. The molecule has 1 saturated carbocycles. The summed E-state index contributed by atoms with van der Waals surface area (Å²) in [6.45, 7) is 3.26. The van der Waals surface area contributed by atoms with Crippen LogP contribution in [-0.4, -0.2) is 15.4 Å². The number of benzene rings is 1. The Morgan fingerprint density at radius 1 is 1.39 bits per heavy atom. The summed E-state index contributed by atoms with van der Waals surface area (Å²) >= 11 is 5.90. The van der Waals surface area contributed by atoms with Gasteiger partial charge in [0.25, 0.3) is 0 Å². The van der Waals surface area contributed by atoms with Crippen molar-refractivity contribution in [1.29, 1.82) is 0 Å². The minimum Gasteiger partial charge on any atom is -0.328 e. The minimum absolute atomic E-state index is 0.646. The van der Waals surface area contributed by atoms with Gasteiger partial charge >= 0.3 is 0 Å². The first-order chi connectivity index (χ1) is 8.78. The van der Waals surface area contributed by atoms with Gasteiger partial charge < -0.3 is 4.57 Å². The van der Waals surface area contributed by atoms with Crippen LogP contribution in [0.2, 0.25) is 0 Å². The van der Waals surface area contributed by atoms with Crippen LogP contribution in [0.3, 0.4) is 0 Å². The highest BCUT2D eigenvalue weighted by Crippen LogP contribution is 2.30. The molecule has 2 nitrogen and oxygen atoms in total. The minimum atomic E-state index is 0.646. The van der Waals surface area contributed by atoms with Crippen molar-refractivity contribution in [3.8, 4) is 0 Å². The summed E-state index contributed by atoms with van der Waals surface area (Å²) in [7, 11) is 0. The lowest BCUT2D eigenvalue weighted by Gasteiger charge is -2.26. The van der Waals surface area contributed by atoms with Gasteiger partial charge in [-0.2, -0.15) is 0 Å². The Hall–Kier alpha value is -1.02. The topological polar surface area (TPSA) is 17.8 Å². The lowest BCUT2D eigenvalue weighted by Crippen LogP contribution is -2.19. The first kappa shape index (κ1) is 12.0. The van der Waals surface area contributed by atoms with Gasteiger partial charge in [-0.3, -0.25) is 0 Å². The third-order valence-corrected chi connectivity index (χ3v) is 4.16. The normalized spacial score (nSPS) is 16.1. The number of aromatic nitrogens is 2. The van der Waals surface area contributed by atoms with Gasteiger partial charge in [-0.05, 0) is 43.4 Å². The summed E-state index contributed by atoms with van der Waals surface area (Å²) in [5.41, 5.74) is 3.69. The monoisotopic (exact) mass is 262 g/mol. The van der Waals surface area contributed by atoms with Crippen molar-refractivity contribution in [2.24, 2.45) is 5.92 Å². The molecule has 0 aliphatic heterocycles. The Morgan fingerprint density at radius 2 is 2.22 bits per heavy atom. The molecule has 3 heteroatoms. The SMILES string of the molecule is Cc1ccc2nc(CCCl)n(CC3CCC3)c2c1. The lowest BCUT2D eigenvalue weighted by molar-refractivity contribution is 0.277. The first-order valence-corrected chi connectivity index (χ1v) is 7.33. The van der Waals surface area contributed by atoms with E-state index in [0.29, 0.717) is 5.88 Å². The summed E-state index contributed by atoms with van der Waals surface area (Å²) in [6, 6.07) is 6.51. The fourth-order valence-electron chi connectivity index (χ4n) is 2.70. The summed E-state index contributed by atoms with van der Waals surface area (Å²) in [4.78, 5) is 4.73. The highest BCUT2D eigenvalue weighted by Gasteiger charge is 2.20. The van der Waals surface area contributed by atoms with Crippen LogP contribution in [0, 0.1) is 12.8 Å². The standard InChI is InChI=1S/C15H19ClN2/c1-11-5-6-13-14(9-11)18(10-12-3-2-4-12)15(17-13)7-8-16/h5-6,9,12H,2-4,7-8,10H2,1H3. The van der Waals surface area contributed by atoms with Gasteiger partial charge in [0.15, 0.2) is 0 Å². The third kappa shape index (κ3) is 2.14. The second-order valence-corrected chi connectivity index (χ2v) is 5.74. The molecule has 1 heterocycles. The molecule has 1 aromatic heterocycles. The van der Waals surface area contributed by atoms with E-state index in [-0.39, 0.29) is 0 Å². The van der Waals surface area contributed by atoms with Crippen LogP contribution in [0.25, 0.3) is 11.0 Å². The molecule has 0 amide bonds. The summed E-state index contributed by atoms with van der Waals surface area (Å²) in [6.07, 6.45) is 4.99. The number of alkyl halides is 1. The van der Waals surface area contributed by atoms with E-state index >= 15 is 0 Å². The molecular formula is C15H19ClN2. The molecule has 2 aromatic rings. The van der Waals surface area contributed by atoms with Crippen molar-refractivity contribution in [2.45, 2.75) is 39.2 Å². The number of rotatable bonds is 4. The smallest absolute Gasteiger partial charge is 0.111 e. The van der Waals surface area contributed by atoms with E-state index in [1.54, 1.807) is 0 Å². The third-order valence-electron chi connectivity index (χ3n) is 3.97. The van der Waals surface area contributed by atoms with Crippen molar-refractivity contribution in [1.82, 2.24) is 9.55 Å². The Labute approximate surface area is 113 Å². The average molecular weight is 263 g/mol. The van der Waals surface area contributed by atoms with Crippen LogP contribution in [0.1, 0.15) is 30.7 Å². The van der Waals surface area contributed by atoms with Crippen LogP contribution >= 0.6 is 11.6 Å². The van der Waals surface area contributed by atoms with Gasteiger partial charge in [-0.25, -0.2) is 4.98 Å². The molecule has 1 aliphatic rings.